The Labute approximate surface area is 192 Å². The molecule has 3 N–H and O–H groups in total. The predicted molar refractivity (Wildman–Crippen MR) is 125 cm³/mol. The van der Waals surface area contributed by atoms with E-state index in [4.69, 9.17) is 10.1 Å². The Bertz CT molecular complexity index is 1080. The van der Waals surface area contributed by atoms with Gasteiger partial charge in [0.05, 0.1) is 17.3 Å². The molecule has 1 saturated carbocycles. The molecule has 2 aliphatic rings. The van der Waals surface area contributed by atoms with E-state index in [1.54, 1.807) is 43.7 Å². The molecule has 33 heavy (non-hydrogen) atoms. The number of amides is 3. The minimum atomic E-state index is -0.438. The second kappa shape index (κ2) is 9.40. The van der Waals surface area contributed by atoms with Gasteiger partial charge in [-0.1, -0.05) is 6.92 Å². The molecule has 3 amide bonds. The van der Waals surface area contributed by atoms with Crippen LogP contribution < -0.4 is 15.4 Å². The van der Waals surface area contributed by atoms with Crippen LogP contribution in [0.15, 0.2) is 42.9 Å². The van der Waals surface area contributed by atoms with Gasteiger partial charge in [-0.3, -0.25) is 20.0 Å². The van der Waals surface area contributed by atoms with Gasteiger partial charge >= 0.3 is 6.03 Å². The maximum Gasteiger partial charge on any atom is 0.329 e. The van der Waals surface area contributed by atoms with Gasteiger partial charge in [0.1, 0.15) is 17.3 Å². The smallest absolute Gasteiger partial charge is 0.329 e. The second-order valence-electron chi connectivity index (χ2n) is 8.66. The lowest BCUT2D eigenvalue weighted by atomic mass is 9.84. The van der Waals surface area contributed by atoms with Crippen LogP contribution in [-0.2, 0) is 4.79 Å². The first-order valence-electron chi connectivity index (χ1n) is 11.1. The molecule has 3 heterocycles. The molecule has 1 spiro atoms. The summed E-state index contributed by atoms with van der Waals surface area (Å²) in [6.45, 7) is 2.61. The van der Waals surface area contributed by atoms with Gasteiger partial charge in [-0.2, -0.15) is 0 Å². The first kappa shape index (κ1) is 22.4. The van der Waals surface area contributed by atoms with Crippen LogP contribution in [0.4, 0.5) is 10.6 Å². The van der Waals surface area contributed by atoms with E-state index in [0.29, 0.717) is 41.0 Å². The number of carbonyl (C=O) groups is 2. The molecule has 4 rings (SSSR count). The maximum absolute atomic E-state index is 12.9. The van der Waals surface area contributed by atoms with Gasteiger partial charge in [-0.15, -0.1) is 0 Å². The SMILES string of the molecule is CN/C=C(\C=N)c1cc(Oc2ccc(NC(=O)N3CCC4(CCC(C)C4)C3=O)nc2)ccn1. The molecule has 1 aliphatic carbocycles. The van der Waals surface area contributed by atoms with Crippen molar-refractivity contribution in [3.05, 3.63) is 48.6 Å². The van der Waals surface area contributed by atoms with Crippen molar-refractivity contribution >= 4 is 29.5 Å². The lowest BCUT2D eigenvalue weighted by molar-refractivity contribution is -0.133. The van der Waals surface area contributed by atoms with Crippen molar-refractivity contribution in [2.75, 3.05) is 18.9 Å². The van der Waals surface area contributed by atoms with Crippen molar-refractivity contribution in [1.82, 2.24) is 20.2 Å². The number of pyridine rings is 2. The van der Waals surface area contributed by atoms with E-state index in [2.05, 4.69) is 27.5 Å². The molecule has 172 valence electrons. The molecule has 9 heteroatoms. The summed E-state index contributed by atoms with van der Waals surface area (Å²) in [6.07, 6.45) is 9.50. The molecule has 0 radical (unpaired) electrons. The quantitative estimate of drug-likeness (QED) is 0.574. The van der Waals surface area contributed by atoms with E-state index >= 15 is 0 Å². The fourth-order valence-electron chi connectivity index (χ4n) is 4.63. The van der Waals surface area contributed by atoms with Gasteiger partial charge in [-0.05, 0) is 49.8 Å². The second-order valence-corrected chi connectivity index (χ2v) is 8.66. The molecule has 2 atom stereocenters. The molecular formula is C24H28N6O3. The third-order valence-electron chi connectivity index (χ3n) is 6.30. The predicted octanol–water partition coefficient (Wildman–Crippen LogP) is 4.05. The van der Waals surface area contributed by atoms with Crippen LogP contribution in [0.5, 0.6) is 11.5 Å². The van der Waals surface area contributed by atoms with E-state index in [0.717, 1.165) is 25.7 Å². The molecule has 2 aromatic heterocycles. The zero-order valence-corrected chi connectivity index (χ0v) is 18.8. The number of hydrogen-bond acceptors (Lipinski definition) is 7. The van der Waals surface area contributed by atoms with Crippen LogP contribution in [0, 0.1) is 16.7 Å². The third kappa shape index (κ3) is 4.72. The van der Waals surface area contributed by atoms with E-state index in [-0.39, 0.29) is 11.3 Å². The van der Waals surface area contributed by atoms with Crippen LogP contribution in [0.3, 0.4) is 0 Å². The molecule has 2 aromatic rings. The molecule has 9 nitrogen and oxygen atoms in total. The average Bonchev–Trinajstić information content (AvgIpc) is 3.35. The minimum absolute atomic E-state index is 0.0607. The molecule has 1 saturated heterocycles. The number of ether oxygens (including phenoxy) is 1. The monoisotopic (exact) mass is 448 g/mol. The molecule has 1 aliphatic heterocycles. The van der Waals surface area contributed by atoms with E-state index in [9.17, 15) is 9.59 Å². The topological polar surface area (TPSA) is 120 Å². The Morgan fingerprint density at radius 1 is 1.27 bits per heavy atom. The minimum Gasteiger partial charge on any atom is -0.456 e. The summed E-state index contributed by atoms with van der Waals surface area (Å²) < 4.78 is 5.84. The number of allylic oxidation sites excluding steroid dienone is 1. The first-order valence-corrected chi connectivity index (χ1v) is 11.1. The van der Waals surface area contributed by atoms with Gasteiger partial charge < -0.3 is 15.5 Å². The van der Waals surface area contributed by atoms with Crippen molar-refractivity contribution in [3.63, 3.8) is 0 Å². The number of imide groups is 1. The molecule has 2 fully saturated rings. The van der Waals surface area contributed by atoms with Gasteiger partial charge in [0.25, 0.3) is 0 Å². The number of likely N-dealkylation sites (tertiary alicyclic amines) is 1. The van der Waals surface area contributed by atoms with Gasteiger partial charge in [0.15, 0.2) is 0 Å². The maximum atomic E-state index is 12.9. The fourth-order valence-corrected chi connectivity index (χ4v) is 4.63. The van der Waals surface area contributed by atoms with Gasteiger partial charge in [0, 0.05) is 43.8 Å². The summed E-state index contributed by atoms with van der Waals surface area (Å²) in [5, 5.41) is 13.1. The molecule has 2 unspecified atom stereocenters. The highest BCUT2D eigenvalue weighted by atomic mass is 16.5. The summed E-state index contributed by atoms with van der Waals surface area (Å²) in [5.41, 5.74) is 0.855. The normalized spacial score (nSPS) is 22.5. The summed E-state index contributed by atoms with van der Waals surface area (Å²) in [4.78, 5) is 35.4. The highest BCUT2D eigenvalue weighted by Gasteiger charge is 2.51. The van der Waals surface area contributed by atoms with Crippen molar-refractivity contribution in [3.8, 4) is 11.5 Å². The Kier molecular flexibility index (Phi) is 6.39. The Hall–Kier alpha value is -3.75. The number of anilines is 1. The summed E-state index contributed by atoms with van der Waals surface area (Å²) in [6, 6.07) is 6.32. The van der Waals surface area contributed by atoms with Gasteiger partial charge in [-0.25, -0.2) is 9.78 Å². The largest absolute Gasteiger partial charge is 0.456 e. The molecule has 0 bridgehead atoms. The number of urea groups is 1. The summed E-state index contributed by atoms with van der Waals surface area (Å²) in [5.74, 6) is 1.84. The summed E-state index contributed by atoms with van der Waals surface area (Å²) in [7, 11) is 1.75. The lowest BCUT2D eigenvalue weighted by Crippen LogP contribution is -2.40. The standard InChI is InChI=1S/C24H28N6O3/c1-16-5-7-24(12-16)8-10-30(22(24)31)23(32)29-21-4-3-19(15-28-21)33-18-6-9-27-20(11-18)17(13-25)14-26-2/h3-4,6,9,11,13-16,25-26H,5,7-8,10,12H2,1-2H3,(H,28,29,32)/b17-14+,25-13?. The van der Waals surface area contributed by atoms with E-state index < -0.39 is 6.03 Å². The van der Waals surface area contributed by atoms with Crippen molar-refractivity contribution in [1.29, 1.82) is 5.41 Å². The zero-order valence-electron chi connectivity index (χ0n) is 18.8. The number of nitrogens with zero attached hydrogens (tertiary/aromatic N) is 3. The number of carbonyl (C=O) groups excluding carboxylic acids is 2. The highest BCUT2D eigenvalue weighted by Crippen LogP contribution is 2.48. The number of aromatic nitrogens is 2. The third-order valence-corrected chi connectivity index (χ3v) is 6.30. The average molecular weight is 449 g/mol. The zero-order chi connectivity index (χ0) is 23.4. The molecular weight excluding hydrogens is 420 g/mol. The first-order chi connectivity index (χ1) is 15.9. The van der Waals surface area contributed by atoms with Crippen molar-refractivity contribution in [2.45, 2.75) is 32.6 Å². The van der Waals surface area contributed by atoms with E-state index in [1.165, 1.54) is 17.3 Å². The van der Waals surface area contributed by atoms with Crippen LogP contribution in [0.2, 0.25) is 0 Å². The van der Waals surface area contributed by atoms with Crippen molar-refractivity contribution in [2.24, 2.45) is 11.3 Å². The Morgan fingerprint density at radius 2 is 2.12 bits per heavy atom. The van der Waals surface area contributed by atoms with Crippen LogP contribution >= 0.6 is 0 Å². The van der Waals surface area contributed by atoms with Crippen molar-refractivity contribution < 1.29 is 14.3 Å². The van der Waals surface area contributed by atoms with Crippen LogP contribution in [0.1, 0.15) is 38.3 Å². The van der Waals surface area contributed by atoms with Crippen LogP contribution in [-0.4, -0.2) is 46.6 Å². The fraction of sp³-hybridized carbons (Fsp3) is 0.375. The number of hydrogen-bond donors (Lipinski definition) is 3. The van der Waals surface area contributed by atoms with Crippen LogP contribution in [0.25, 0.3) is 5.57 Å². The van der Waals surface area contributed by atoms with E-state index in [1.807, 2.05) is 0 Å². The summed E-state index contributed by atoms with van der Waals surface area (Å²) >= 11 is 0. The molecule has 0 aromatic carbocycles. The Morgan fingerprint density at radius 3 is 2.79 bits per heavy atom. The lowest BCUT2D eigenvalue weighted by Gasteiger charge is -2.22. The number of rotatable bonds is 6. The highest BCUT2D eigenvalue weighted by molar-refractivity contribution is 6.07. The Balaban J connectivity index is 1.38. The number of nitrogens with one attached hydrogen (secondary N) is 3. The van der Waals surface area contributed by atoms with Gasteiger partial charge in [0.2, 0.25) is 5.91 Å².